The molecule has 4 rings (SSSR count). The van der Waals surface area contributed by atoms with Gasteiger partial charge in [0.05, 0.1) is 5.56 Å². The molecule has 0 fully saturated rings. The molecule has 0 saturated carbocycles. The van der Waals surface area contributed by atoms with Crippen molar-refractivity contribution in [3.05, 3.63) is 70.3 Å². The van der Waals surface area contributed by atoms with Gasteiger partial charge in [0.25, 0.3) is 5.91 Å². The lowest BCUT2D eigenvalue weighted by Crippen LogP contribution is -2.35. The van der Waals surface area contributed by atoms with Crippen molar-refractivity contribution in [2.75, 3.05) is 11.4 Å². The van der Waals surface area contributed by atoms with Crippen LogP contribution in [-0.4, -0.2) is 22.6 Å². The van der Waals surface area contributed by atoms with Gasteiger partial charge >= 0.3 is 0 Å². The highest BCUT2D eigenvalue weighted by atomic mass is 35.5. The summed E-state index contributed by atoms with van der Waals surface area (Å²) in [5.74, 6) is 1.30. The quantitative estimate of drug-likeness (QED) is 0.675. The Morgan fingerprint density at radius 3 is 2.96 bits per heavy atom. The molecule has 0 unspecified atom stereocenters. The summed E-state index contributed by atoms with van der Waals surface area (Å²) in [6, 6.07) is 12.8. The monoisotopic (exact) mass is 383 g/mol. The predicted molar refractivity (Wildman–Crippen MR) is 101 cm³/mol. The zero-order chi connectivity index (χ0) is 18.8. The first-order valence-electron chi connectivity index (χ1n) is 8.73. The number of hydrogen-bond donors (Lipinski definition) is 0. The maximum atomic E-state index is 13.2. The molecule has 0 atom stereocenters. The van der Waals surface area contributed by atoms with Gasteiger partial charge in [0.15, 0.2) is 6.61 Å². The lowest BCUT2D eigenvalue weighted by molar-refractivity contribution is 0.0980. The van der Waals surface area contributed by atoms with Crippen LogP contribution in [0, 0.1) is 6.92 Å². The highest BCUT2D eigenvalue weighted by Gasteiger charge is 2.26. The number of para-hydroxylation sites is 1. The number of halogens is 1. The van der Waals surface area contributed by atoms with Gasteiger partial charge in [0, 0.05) is 24.2 Å². The Labute approximate surface area is 161 Å². The third kappa shape index (κ3) is 3.66. The number of amides is 1. The molecule has 138 valence electrons. The number of carbonyl (C=O) groups excluding carboxylic acids is 1. The van der Waals surface area contributed by atoms with Crippen molar-refractivity contribution in [2.45, 2.75) is 26.4 Å². The van der Waals surface area contributed by atoms with Crippen LogP contribution in [0.15, 0.2) is 47.0 Å². The van der Waals surface area contributed by atoms with Crippen LogP contribution in [-0.2, 0) is 13.0 Å². The Bertz CT molecular complexity index is 986. The van der Waals surface area contributed by atoms with Crippen LogP contribution in [0.5, 0.6) is 5.75 Å². The zero-order valence-corrected chi connectivity index (χ0v) is 15.6. The first kappa shape index (κ1) is 17.5. The first-order chi connectivity index (χ1) is 13.1. The number of ether oxygens (including phenoxy) is 1. The van der Waals surface area contributed by atoms with Crippen LogP contribution < -0.4 is 9.64 Å². The third-order valence-electron chi connectivity index (χ3n) is 4.45. The average Bonchev–Trinajstić information content (AvgIpc) is 3.10. The van der Waals surface area contributed by atoms with E-state index >= 15 is 0 Å². The van der Waals surface area contributed by atoms with E-state index in [4.69, 9.17) is 20.9 Å². The van der Waals surface area contributed by atoms with Gasteiger partial charge in [0.1, 0.15) is 5.75 Å². The van der Waals surface area contributed by atoms with E-state index in [-0.39, 0.29) is 12.5 Å². The van der Waals surface area contributed by atoms with Gasteiger partial charge < -0.3 is 14.2 Å². The van der Waals surface area contributed by atoms with Crippen molar-refractivity contribution in [2.24, 2.45) is 0 Å². The lowest BCUT2D eigenvalue weighted by Gasteiger charge is -2.30. The molecule has 1 amide bonds. The molecule has 2 heterocycles. The van der Waals surface area contributed by atoms with Crippen LogP contribution >= 0.6 is 11.6 Å². The molecule has 1 aliphatic heterocycles. The summed E-state index contributed by atoms with van der Waals surface area (Å²) < 4.78 is 10.7. The van der Waals surface area contributed by atoms with Crippen molar-refractivity contribution < 1.29 is 14.1 Å². The summed E-state index contributed by atoms with van der Waals surface area (Å²) in [6.45, 7) is 2.51. The SMILES string of the molecule is Cc1nc(COc2ccccc2C(=O)N2CCCc3cc(Cl)ccc32)no1. The first-order valence-corrected chi connectivity index (χ1v) is 9.11. The summed E-state index contributed by atoms with van der Waals surface area (Å²) in [5, 5.41) is 4.50. The fourth-order valence-corrected chi connectivity index (χ4v) is 3.43. The lowest BCUT2D eigenvalue weighted by atomic mass is 10.0. The largest absolute Gasteiger partial charge is 0.485 e. The number of aryl methyl sites for hydroxylation is 2. The average molecular weight is 384 g/mol. The normalized spacial score (nSPS) is 13.3. The van der Waals surface area contributed by atoms with Gasteiger partial charge in [-0.1, -0.05) is 28.9 Å². The second kappa shape index (κ2) is 7.40. The second-order valence-electron chi connectivity index (χ2n) is 6.35. The highest BCUT2D eigenvalue weighted by Crippen LogP contribution is 2.32. The predicted octanol–water partition coefficient (Wildman–Crippen LogP) is 4.20. The van der Waals surface area contributed by atoms with Gasteiger partial charge in [-0.3, -0.25) is 4.79 Å². The number of anilines is 1. The summed E-state index contributed by atoms with van der Waals surface area (Å²) in [5.41, 5.74) is 2.49. The smallest absolute Gasteiger partial charge is 0.262 e. The van der Waals surface area contributed by atoms with E-state index in [0.717, 1.165) is 24.1 Å². The van der Waals surface area contributed by atoms with Crippen molar-refractivity contribution in [3.8, 4) is 5.75 Å². The molecule has 0 bridgehead atoms. The summed E-state index contributed by atoms with van der Waals surface area (Å²) in [6.07, 6.45) is 1.80. The molecule has 0 N–H and O–H groups in total. The van der Waals surface area contributed by atoms with E-state index in [1.165, 1.54) is 0 Å². The fourth-order valence-electron chi connectivity index (χ4n) is 3.23. The molecule has 0 saturated heterocycles. The molecule has 1 aliphatic rings. The maximum absolute atomic E-state index is 13.2. The summed E-state index contributed by atoms with van der Waals surface area (Å²) in [7, 11) is 0. The van der Waals surface area contributed by atoms with Gasteiger partial charge in [-0.05, 0) is 48.7 Å². The molecular formula is C20H18ClN3O3. The molecule has 27 heavy (non-hydrogen) atoms. The van der Waals surface area contributed by atoms with E-state index in [1.54, 1.807) is 24.0 Å². The van der Waals surface area contributed by atoms with Gasteiger partial charge in [0.2, 0.25) is 11.7 Å². The molecule has 0 aliphatic carbocycles. The number of benzene rings is 2. The van der Waals surface area contributed by atoms with Gasteiger partial charge in [-0.2, -0.15) is 4.98 Å². The van der Waals surface area contributed by atoms with Crippen molar-refractivity contribution in [1.82, 2.24) is 10.1 Å². The van der Waals surface area contributed by atoms with Crippen LogP contribution in [0.25, 0.3) is 0 Å². The molecule has 7 heteroatoms. The Balaban J connectivity index is 1.60. The van der Waals surface area contributed by atoms with Crippen molar-refractivity contribution in [1.29, 1.82) is 0 Å². The van der Waals surface area contributed by atoms with E-state index in [0.29, 0.717) is 34.6 Å². The van der Waals surface area contributed by atoms with E-state index in [1.807, 2.05) is 30.3 Å². The summed E-state index contributed by atoms with van der Waals surface area (Å²) in [4.78, 5) is 19.2. The minimum atomic E-state index is -0.0989. The van der Waals surface area contributed by atoms with Crippen LogP contribution in [0.4, 0.5) is 5.69 Å². The van der Waals surface area contributed by atoms with Crippen LogP contribution in [0.2, 0.25) is 5.02 Å². The van der Waals surface area contributed by atoms with Crippen molar-refractivity contribution >= 4 is 23.2 Å². The second-order valence-corrected chi connectivity index (χ2v) is 6.78. The molecule has 0 radical (unpaired) electrons. The minimum absolute atomic E-state index is 0.0989. The number of aromatic nitrogens is 2. The number of carbonyl (C=O) groups is 1. The number of rotatable bonds is 4. The molecule has 6 nitrogen and oxygen atoms in total. The standard InChI is InChI=1S/C20H18ClN3O3/c1-13-22-19(23-27-13)12-26-18-7-3-2-6-16(18)20(25)24-10-4-5-14-11-15(21)8-9-17(14)24/h2-3,6-9,11H,4-5,10,12H2,1H3. The minimum Gasteiger partial charge on any atom is -0.485 e. The Kier molecular flexibility index (Phi) is 4.81. The highest BCUT2D eigenvalue weighted by molar-refractivity contribution is 6.30. The van der Waals surface area contributed by atoms with Gasteiger partial charge in [-0.25, -0.2) is 0 Å². The fraction of sp³-hybridized carbons (Fsp3) is 0.250. The molecule has 1 aromatic heterocycles. The van der Waals surface area contributed by atoms with E-state index in [9.17, 15) is 4.79 Å². The Hall–Kier alpha value is -2.86. The van der Waals surface area contributed by atoms with Crippen LogP contribution in [0.3, 0.4) is 0 Å². The Morgan fingerprint density at radius 2 is 2.15 bits per heavy atom. The molecule has 0 spiro atoms. The molecular weight excluding hydrogens is 366 g/mol. The zero-order valence-electron chi connectivity index (χ0n) is 14.8. The maximum Gasteiger partial charge on any atom is 0.262 e. The molecule has 3 aromatic rings. The third-order valence-corrected chi connectivity index (χ3v) is 4.68. The Morgan fingerprint density at radius 1 is 1.30 bits per heavy atom. The number of hydrogen-bond acceptors (Lipinski definition) is 5. The van der Waals surface area contributed by atoms with Crippen LogP contribution in [0.1, 0.15) is 34.1 Å². The van der Waals surface area contributed by atoms with Gasteiger partial charge in [-0.15, -0.1) is 0 Å². The van der Waals surface area contributed by atoms with E-state index in [2.05, 4.69) is 10.1 Å². The van der Waals surface area contributed by atoms with E-state index < -0.39 is 0 Å². The number of nitrogens with zero attached hydrogens (tertiary/aromatic N) is 3. The topological polar surface area (TPSA) is 68.5 Å². The van der Waals surface area contributed by atoms with Crippen molar-refractivity contribution in [3.63, 3.8) is 0 Å². The summed E-state index contributed by atoms with van der Waals surface area (Å²) >= 11 is 6.10. The molecule has 2 aromatic carbocycles. The number of fused-ring (bicyclic) bond motifs is 1.